The summed E-state index contributed by atoms with van der Waals surface area (Å²) in [6.45, 7) is 3.07. The minimum absolute atomic E-state index is 0.181. The third kappa shape index (κ3) is 6.41. The molecule has 0 aromatic heterocycles. The van der Waals surface area contributed by atoms with Crippen LogP contribution in [-0.4, -0.2) is 85.0 Å². The molecular formula is C17H20N3O14S-. The molecule has 18 heteroatoms. The molecule has 0 radical (unpaired) electrons. The van der Waals surface area contributed by atoms with E-state index in [1.807, 2.05) is 0 Å². The SMILES string of the molecule is CC(=O)OC[C@H]1OC(N2C([O-])=C([N+](=O)[O-])C=NS2(=O)=O)[C@H](OC(C)=O)[C@@H](OC(C)=O)[C@@H]1OC(C)=O. The van der Waals surface area contributed by atoms with Gasteiger partial charge >= 0.3 is 34.1 Å². The topological polar surface area (TPSA) is 230 Å². The van der Waals surface area contributed by atoms with Crippen molar-refractivity contribution in [2.24, 2.45) is 4.40 Å². The predicted molar refractivity (Wildman–Crippen MR) is 105 cm³/mol. The minimum Gasteiger partial charge on any atom is -0.855 e. The van der Waals surface area contributed by atoms with Crippen molar-refractivity contribution >= 4 is 40.3 Å². The number of allylic oxidation sites excluding steroid dienone is 1. The molecule has 2 aliphatic rings. The van der Waals surface area contributed by atoms with Crippen LogP contribution in [-0.2, 0) is 53.1 Å². The van der Waals surface area contributed by atoms with E-state index in [4.69, 9.17) is 23.7 Å². The Morgan fingerprint density at radius 2 is 1.51 bits per heavy atom. The van der Waals surface area contributed by atoms with Crippen LogP contribution in [0.1, 0.15) is 27.7 Å². The monoisotopic (exact) mass is 522 g/mol. The van der Waals surface area contributed by atoms with Gasteiger partial charge in [-0.3, -0.25) is 29.3 Å². The Bertz CT molecular complexity index is 1080. The molecule has 0 aromatic carbocycles. The van der Waals surface area contributed by atoms with Crippen LogP contribution in [0.3, 0.4) is 0 Å². The molecule has 0 amide bonds. The summed E-state index contributed by atoms with van der Waals surface area (Å²) in [6.07, 6.45) is -9.06. The van der Waals surface area contributed by atoms with Crippen molar-refractivity contribution in [1.82, 2.24) is 4.31 Å². The summed E-state index contributed by atoms with van der Waals surface area (Å²) < 4.78 is 53.8. The Balaban J connectivity index is 2.72. The van der Waals surface area contributed by atoms with Gasteiger partial charge in [0.1, 0.15) is 18.9 Å². The van der Waals surface area contributed by atoms with Crippen molar-refractivity contribution in [2.75, 3.05) is 6.61 Å². The molecule has 2 rings (SSSR count). The maximum Gasteiger partial charge on any atom is 0.346 e. The van der Waals surface area contributed by atoms with Gasteiger partial charge in [-0.25, -0.2) is 4.31 Å². The van der Waals surface area contributed by atoms with Gasteiger partial charge in [-0.2, -0.15) is 8.42 Å². The average molecular weight is 522 g/mol. The quantitative estimate of drug-likeness (QED) is 0.146. The van der Waals surface area contributed by atoms with Gasteiger partial charge in [0.25, 0.3) is 5.70 Å². The molecule has 1 saturated heterocycles. The highest BCUT2D eigenvalue weighted by atomic mass is 32.2. The van der Waals surface area contributed by atoms with E-state index >= 15 is 0 Å². The lowest BCUT2D eigenvalue weighted by atomic mass is 9.97. The van der Waals surface area contributed by atoms with E-state index in [9.17, 15) is 42.8 Å². The number of carbonyl (C=O) groups excluding carboxylic acids is 4. The summed E-state index contributed by atoms with van der Waals surface area (Å²) >= 11 is 0. The molecular weight excluding hydrogens is 502 g/mol. The Labute approximate surface area is 197 Å². The zero-order valence-corrected chi connectivity index (χ0v) is 19.5. The zero-order valence-electron chi connectivity index (χ0n) is 18.6. The number of hydrogen-bond acceptors (Lipinski definition) is 14. The molecule has 35 heavy (non-hydrogen) atoms. The normalized spacial score (nSPS) is 27.5. The highest BCUT2D eigenvalue weighted by Crippen LogP contribution is 2.34. The van der Waals surface area contributed by atoms with Gasteiger partial charge in [-0.05, 0) is 0 Å². The molecule has 0 aromatic rings. The molecule has 0 spiro atoms. The lowest BCUT2D eigenvalue weighted by molar-refractivity contribution is -0.440. The molecule has 5 atom stereocenters. The fourth-order valence-corrected chi connectivity index (χ4v) is 4.28. The Morgan fingerprint density at radius 3 is 2.00 bits per heavy atom. The van der Waals surface area contributed by atoms with Crippen LogP contribution in [0.4, 0.5) is 0 Å². The number of hydrogen-bond donors (Lipinski definition) is 0. The zero-order chi connectivity index (χ0) is 26.7. The van der Waals surface area contributed by atoms with Crippen LogP contribution < -0.4 is 5.11 Å². The van der Waals surface area contributed by atoms with E-state index in [0.29, 0.717) is 0 Å². The maximum atomic E-state index is 12.8. The lowest BCUT2D eigenvalue weighted by Crippen LogP contribution is -2.67. The van der Waals surface area contributed by atoms with E-state index in [1.54, 1.807) is 0 Å². The van der Waals surface area contributed by atoms with Gasteiger partial charge in [-0.1, -0.05) is 0 Å². The second-order valence-electron chi connectivity index (χ2n) is 7.05. The van der Waals surface area contributed by atoms with Crippen LogP contribution in [0, 0.1) is 10.1 Å². The van der Waals surface area contributed by atoms with E-state index in [1.165, 1.54) is 0 Å². The largest absolute Gasteiger partial charge is 0.855 e. The number of nitrogens with zero attached hydrogens (tertiary/aromatic N) is 3. The first-order chi connectivity index (χ1) is 16.2. The van der Waals surface area contributed by atoms with Crippen molar-refractivity contribution in [1.29, 1.82) is 0 Å². The van der Waals surface area contributed by atoms with Crippen LogP contribution in [0.2, 0.25) is 0 Å². The molecule has 0 N–H and O–H groups in total. The molecule has 1 fully saturated rings. The summed E-state index contributed by atoms with van der Waals surface area (Å²) in [6, 6.07) is 0. The van der Waals surface area contributed by atoms with Gasteiger partial charge < -0.3 is 28.8 Å². The molecule has 0 saturated carbocycles. The summed E-state index contributed by atoms with van der Waals surface area (Å²) in [5.41, 5.74) is -1.27. The third-order valence-electron chi connectivity index (χ3n) is 4.37. The van der Waals surface area contributed by atoms with Crippen molar-refractivity contribution in [3.63, 3.8) is 0 Å². The average Bonchev–Trinajstić information content (AvgIpc) is 2.68. The number of carbonyl (C=O) groups is 4. The van der Waals surface area contributed by atoms with Crippen molar-refractivity contribution in [3.8, 4) is 0 Å². The molecule has 194 valence electrons. The Morgan fingerprint density at radius 1 is 1.00 bits per heavy atom. The van der Waals surface area contributed by atoms with E-state index in [0.717, 1.165) is 27.7 Å². The second kappa shape index (κ2) is 10.6. The van der Waals surface area contributed by atoms with E-state index in [-0.39, 0.29) is 10.5 Å². The lowest BCUT2D eigenvalue weighted by Gasteiger charge is -2.48. The highest BCUT2D eigenvalue weighted by Gasteiger charge is 2.56. The summed E-state index contributed by atoms with van der Waals surface area (Å²) in [4.78, 5) is 56.7. The summed E-state index contributed by atoms with van der Waals surface area (Å²) in [5.74, 6) is -5.60. The molecule has 2 heterocycles. The maximum absolute atomic E-state index is 12.8. The number of nitro groups is 1. The first kappa shape index (κ1) is 27.4. The van der Waals surface area contributed by atoms with Gasteiger partial charge in [0.15, 0.2) is 24.5 Å². The molecule has 2 aliphatic heterocycles. The van der Waals surface area contributed by atoms with Gasteiger partial charge in [0.2, 0.25) is 0 Å². The molecule has 17 nitrogen and oxygen atoms in total. The highest BCUT2D eigenvalue weighted by molar-refractivity contribution is 7.88. The molecule has 0 bridgehead atoms. The van der Waals surface area contributed by atoms with Crippen LogP contribution in [0.15, 0.2) is 16.0 Å². The smallest absolute Gasteiger partial charge is 0.346 e. The van der Waals surface area contributed by atoms with E-state index in [2.05, 4.69) is 4.40 Å². The van der Waals surface area contributed by atoms with Crippen LogP contribution in [0.25, 0.3) is 0 Å². The molecule has 1 unspecified atom stereocenters. The van der Waals surface area contributed by atoms with Gasteiger partial charge in [0, 0.05) is 27.7 Å². The number of esters is 4. The first-order valence-electron chi connectivity index (χ1n) is 9.61. The Kier molecular flexibility index (Phi) is 8.34. The molecule has 0 aliphatic carbocycles. The fraction of sp³-hybridized carbons (Fsp3) is 0.588. The Hall–Kier alpha value is -3.80. The third-order valence-corrected chi connectivity index (χ3v) is 5.61. The van der Waals surface area contributed by atoms with Crippen LogP contribution in [0.5, 0.6) is 0 Å². The van der Waals surface area contributed by atoms with E-state index < -0.39 is 87.8 Å². The second-order valence-corrected chi connectivity index (χ2v) is 8.55. The van der Waals surface area contributed by atoms with Crippen molar-refractivity contribution in [2.45, 2.75) is 58.3 Å². The fourth-order valence-electron chi connectivity index (χ4n) is 3.21. The summed E-state index contributed by atoms with van der Waals surface area (Å²) in [5, 5.41) is 24.0. The summed E-state index contributed by atoms with van der Waals surface area (Å²) in [7, 11) is -5.00. The van der Waals surface area contributed by atoms with Gasteiger partial charge in [0.05, 0.1) is 10.8 Å². The van der Waals surface area contributed by atoms with Crippen molar-refractivity contribution < 1.29 is 61.3 Å². The standard InChI is InChI=1S/C17H21N3O14S/c1-7(21)30-6-12-13(31-8(2)22)14(32-9(3)23)15(33-10(4)24)17(34-12)19-16(25)11(20(26)27)5-18-35(19,28)29/h5,12-15,17,25H,6H2,1-4H3/p-1/t12-,13-,14+,15-,17?/m1/s1. The number of ether oxygens (including phenoxy) is 5. The van der Waals surface area contributed by atoms with Gasteiger partial charge in [-0.15, -0.1) is 4.40 Å². The van der Waals surface area contributed by atoms with Crippen LogP contribution >= 0.6 is 0 Å². The number of rotatable bonds is 7. The van der Waals surface area contributed by atoms with Crippen molar-refractivity contribution in [3.05, 3.63) is 21.7 Å². The predicted octanol–water partition coefficient (Wildman–Crippen LogP) is -2.49. The first-order valence-corrected chi connectivity index (χ1v) is 11.0. The minimum atomic E-state index is -5.00.